The molecular formula is C22H27NO4. The van der Waals surface area contributed by atoms with Gasteiger partial charge in [0.25, 0.3) is 0 Å². The maximum atomic E-state index is 12.6. The lowest BCUT2D eigenvalue weighted by Gasteiger charge is -2.26. The van der Waals surface area contributed by atoms with Gasteiger partial charge in [-0.3, -0.25) is 9.59 Å². The molecule has 2 N–H and O–H groups in total. The van der Waals surface area contributed by atoms with Crippen molar-refractivity contribution in [2.75, 3.05) is 7.11 Å². The average Bonchev–Trinajstić information content (AvgIpc) is 2.64. The minimum Gasteiger partial charge on any atom is -0.468 e. The molecule has 1 unspecified atom stereocenters. The SMILES string of the molecule is COC(=O)[C@@H](N)C(Cc1ccc(-c2ccccc2)cc1)C(=O)OC(C)(C)C. The van der Waals surface area contributed by atoms with Crippen molar-refractivity contribution in [3.8, 4) is 11.1 Å². The van der Waals surface area contributed by atoms with E-state index in [1.165, 1.54) is 7.11 Å². The first-order valence-electron chi connectivity index (χ1n) is 8.92. The summed E-state index contributed by atoms with van der Waals surface area (Å²) >= 11 is 0. The third-order valence-corrected chi connectivity index (χ3v) is 4.13. The van der Waals surface area contributed by atoms with Gasteiger partial charge in [-0.25, -0.2) is 0 Å². The number of benzene rings is 2. The molecule has 2 rings (SSSR count). The molecule has 0 heterocycles. The summed E-state index contributed by atoms with van der Waals surface area (Å²) in [6.07, 6.45) is 0.292. The lowest BCUT2D eigenvalue weighted by molar-refractivity contribution is -0.164. The Labute approximate surface area is 160 Å². The van der Waals surface area contributed by atoms with Gasteiger partial charge in [0.2, 0.25) is 0 Å². The van der Waals surface area contributed by atoms with E-state index in [2.05, 4.69) is 0 Å². The van der Waals surface area contributed by atoms with Crippen LogP contribution in [0.25, 0.3) is 11.1 Å². The highest BCUT2D eigenvalue weighted by Crippen LogP contribution is 2.22. The normalized spacial score (nSPS) is 13.5. The lowest BCUT2D eigenvalue weighted by atomic mass is 9.91. The van der Waals surface area contributed by atoms with Crippen LogP contribution in [0.4, 0.5) is 0 Å². The van der Waals surface area contributed by atoms with E-state index in [4.69, 9.17) is 15.2 Å². The molecule has 0 aliphatic rings. The summed E-state index contributed by atoms with van der Waals surface area (Å²) in [7, 11) is 1.25. The Bertz CT molecular complexity index is 763. The zero-order valence-corrected chi connectivity index (χ0v) is 16.3. The van der Waals surface area contributed by atoms with Crippen LogP contribution in [0.2, 0.25) is 0 Å². The first-order chi connectivity index (χ1) is 12.7. The molecule has 0 aromatic heterocycles. The molecule has 0 saturated carbocycles. The Morgan fingerprint density at radius 2 is 1.48 bits per heavy atom. The van der Waals surface area contributed by atoms with Crippen molar-refractivity contribution in [1.82, 2.24) is 0 Å². The fourth-order valence-electron chi connectivity index (χ4n) is 2.75. The smallest absolute Gasteiger partial charge is 0.323 e. The summed E-state index contributed by atoms with van der Waals surface area (Å²) in [5.41, 5.74) is 8.40. The van der Waals surface area contributed by atoms with Gasteiger partial charge in [0.15, 0.2) is 0 Å². The Morgan fingerprint density at radius 1 is 0.926 bits per heavy atom. The molecule has 0 bridgehead atoms. The summed E-state index contributed by atoms with van der Waals surface area (Å²) in [5.74, 6) is -1.96. The minimum absolute atomic E-state index is 0.292. The van der Waals surface area contributed by atoms with E-state index in [1.54, 1.807) is 20.8 Å². The van der Waals surface area contributed by atoms with E-state index in [-0.39, 0.29) is 0 Å². The Hall–Kier alpha value is -2.66. The number of esters is 2. The van der Waals surface area contributed by atoms with Crippen molar-refractivity contribution >= 4 is 11.9 Å². The highest BCUT2D eigenvalue weighted by atomic mass is 16.6. The van der Waals surface area contributed by atoms with Crippen LogP contribution < -0.4 is 5.73 Å². The fraction of sp³-hybridized carbons (Fsp3) is 0.364. The summed E-state index contributed by atoms with van der Waals surface area (Å²) in [5, 5.41) is 0. The topological polar surface area (TPSA) is 78.6 Å². The largest absolute Gasteiger partial charge is 0.468 e. The number of carbonyl (C=O) groups is 2. The van der Waals surface area contributed by atoms with Gasteiger partial charge in [0, 0.05) is 0 Å². The van der Waals surface area contributed by atoms with Crippen molar-refractivity contribution in [3.05, 3.63) is 60.2 Å². The predicted molar refractivity (Wildman–Crippen MR) is 105 cm³/mol. The van der Waals surface area contributed by atoms with Crippen LogP contribution in [0.5, 0.6) is 0 Å². The monoisotopic (exact) mass is 369 g/mol. The molecule has 27 heavy (non-hydrogen) atoms. The van der Waals surface area contributed by atoms with Crippen molar-refractivity contribution in [1.29, 1.82) is 0 Å². The van der Waals surface area contributed by atoms with Crippen LogP contribution in [0.3, 0.4) is 0 Å². The van der Waals surface area contributed by atoms with Gasteiger partial charge in [-0.05, 0) is 43.9 Å². The zero-order chi connectivity index (χ0) is 20.0. The standard InChI is InChI=1S/C22H27NO4/c1-22(2,3)27-20(24)18(19(23)21(25)26-4)14-15-10-12-17(13-11-15)16-8-6-5-7-9-16/h5-13,18-19H,14,23H2,1-4H3/t18?,19-/m0/s1. The predicted octanol–water partition coefficient (Wildman–Crippen LogP) is 3.35. The molecule has 0 aliphatic heterocycles. The second-order valence-corrected chi connectivity index (χ2v) is 7.46. The molecule has 0 fully saturated rings. The van der Waals surface area contributed by atoms with E-state index in [9.17, 15) is 9.59 Å². The van der Waals surface area contributed by atoms with E-state index in [1.807, 2.05) is 54.6 Å². The zero-order valence-electron chi connectivity index (χ0n) is 16.3. The summed E-state index contributed by atoms with van der Waals surface area (Å²) < 4.78 is 10.2. The summed E-state index contributed by atoms with van der Waals surface area (Å²) in [6.45, 7) is 5.33. The van der Waals surface area contributed by atoms with E-state index >= 15 is 0 Å². The lowest BCUT2D eigenvalue weighted by Crippen LogP contribution is -2.46. The van der Waals surface area contributed by atoms with E-state index < -0.39 is 29.5 Å². The van der Waals surface area contributed by atoms with Crippen LogP contribution in [-0.2, 0) is 25.5 Å². The molecule has 2 aromatic rings. The number of carbonyl (C=O) groups excluding carboxylic acids is 2. The highest BCUT2D eigenvalue weighted by Gasteiger charge is 2.35. The molecule has 0 saturated heterocycles. The number of ether oxygens (including phenoxy) is 2. The van der Waals surface area contributed by atoms with Gasteiger partial charge in [-0.2, -0.15) is 0 Å². The van der Waals surface area contributed by atoms with Crippen molar-refractivity contribution < 1.29 is 19.1 Å². The van der Waals surface area contributed by atoms with Crippen molar-refractivity contribution in [2.45, 2.75) is 38.8 Å². The van der Waals surface area contributed by atoms with Gasteiger partial charge in [0.1, 0.15) is 11.6 Å². The maximum absolute atomic E-state index is 12.6. The second-order valence-electron chi connectivity index (χ2n) is 7.46. The van der Waals surface area contributed by atoms with Gasteiger partial charge in [0.05, 0.1) is 13.0 Å². The maximum Gasteiger partial charge on any atom is 0.323 e. The molecule has 144 valence electrons. The van der Waals surface area contributed by atoms with Crippen molar-refractivity contribution in [3.63, 3.8) is 0 Å². The fourth-order valence-corrected chi connectivity index (χ4v) is 2.75. The third-order valence-electron chi connectivity index (χ3n) is 4.13. The van der Waals surface area contributed by atoms with Gasteiger partial charge >= 0.3 is 11.9 Å². The first kappa shape index (κ1) is 20.6. The Kier molecular flexibility index (Phi) is 6.75. The third kappa shape index (κ3) is 5.93. The molecule has 5 heteroatoms. The molecule has 5 nitrogen and oxygen atoms in total. The summed E-state index contributed by atoms with van der Waals surface area (Å²) in [4.78, 5) is 24.5. The number of hydrogen-bond donors (Lipinski definition) is 1. The number of nitrogens with two attached hydrogens (primary N) is 1. The van der Waals surface area contributed by atoms with Gasteiger partial charge in [-0.1, -0.05) is 54.6 Å². The van der Waals surface area contributed by atoms with Crippen LogP contribution in [0, 0.1) is 5.92 Å². The Morgan fingerprint density at radius 3 is 2.00 bits per heavy atom. The average molecular weight is 369 g/mol. The first-order valence-corrected chi connectivity index (χ1v) is 8.92. The highest BCUT2D eigenvalue weighted by molar-refractivity contribution is 5.85. The quantitative estimate of drug-likeness (QED) is 0.790. The summed E-state index contributed by atoms with van der Waals surface area (Å²) in [6, 6.07) is 16.8. The molecule has 2 atom stereocenters. The van der Waals surface area contributed by atoms with Crippen molar-refractivity contribution in [2.24, 2.45) is 11.7 Å². The number of hydrogen-bond acceptors (Lipinski definition) is 5. The van der Waals surface area contributed by atoms with Crippen LogP contribution >= 0.6 is 0 Å². The molecule has 0 aliphatic carbocycles. The van der Waals surface area contributed by atoms with Crippen LogP contribution in [0.1, 0.15) is 26.3 Å². The van der Waals surface area contributed by atoms with Crippen LogP contribution in [-0.4, -0.2) is 30.7 Å². The molecule has 0 spiro atoms. The number of rotatable bonds is 6. The van der Waals surface area contributed by atoms with Crippen LogP contribution in [0.15, 0.2) is 54.6 Å². The van der Waals surface area contributed by atoms with E-state index in [0.717, 1.165) is 16.7 Å². The minimum atomic E-state index is -1.08. The second kappa shape index (κ2) is 8.82. The number of methoxy groups -OCH3 is 1. The Balaban J connectivity index is 2.21. The molecule has 0 radical (unpaired) electrons. The molecule has 0 amide bonds. The molecular weight excluding hydrogens is 342 g/mol. The van der Waals surface area contributed by atoms with E-state index in [0.29, 0.717) is 6.42 Å². The molecule has 2 aromatic carbocycles. The van der Waals surface area contributed by atoms with Gasteiger partial charge < -0.3 is 15.2 Å². The van der Waals surface area contributed by atoms with Gasteiger partial charge in [-0.15, -0.1) is 0 Å².